The van der Waals surface area contributed by atoms with Crippen LogP contribution in [0.15, 0.2) is 49.1 Å². The lowest BCUT2D eigenvalue weighted by molar-refractivity contribution is -0.0502. The maximum absolute atomic E-state index is 13.2. The number of hydrogen-bond acceptors (Lipinski definition) is 6. The third kappa shape index (κ3) is 4.96. The Morgan fingerprint density at radius 3 is 2.69 bits per heavy atom. The first-order valence-electron chi connectivity index (χ1n) is 11.2. The Kier molecular flexibility index (Phi) is 6.10. The molecule has 1 aromatic carbocycles. The van der Waals surface area contributed by atoms with Crippen LogP contribution in [0.25, 0.3) is 16.9 Å². The van der Waals surface area contributed by atoms with Crippen LogP contribution in [0.4, 0.5) is 8.78 Å². The SMILES string of the molecule is COc1cc(-c2cnc3cc(OCc4cnn(C)c4)ccn23)cc(OC(F)F)c1C(=O)CC1CC1. The highest BCUT2D eigenvalue weighted by atomic mass is 19.3. The average molecular weight is 482 g/mol. The summed E-state index contributed by atoms with van der Waals surface area (Å²) >= 11 is 0. The normalized spacial score (nSPS) is 13.4. The molecule has 3 aromatic heterocycles. The van der Waals surface area contributed by atoms with Crippen LogP contribution in [0.1, 0.15) is 35.2 Å². The van der Waals surface area contributed by atoms with Gasteiger partial charge in [-0.1, -0.05) is 0 Å². The molecule has 0 aliphatic heterocycles. The number of rotatable bonds is 10. The van der Waals surface area contributed by atoms with E-state index in [9.17, 15) is 13.6 Å². The molecule has 0 N–H and O–H groups in total. The minimum atomic E-state index is -3.08. The first-order chi connectivity index (χ1) is 16.9. The molecule has 0 radical (unpaired) electrons. The Labute approximate surface area is 200 Å². The predicted octanol–water partition coefficient (Wildman–Crippen LogP) is 4.91. The van der Waals surface area contributed by atoms with Gasteiger partial charge in [-0.05, 0) is 37.0 Å². The Morgan fingerprint density at radius 2 is 2.00 bits per heavy atom. The van der Waals surface area contributed by atoms with Crippen molar-refractivity contribution < 1.29 is 27.8 Å². The van der Waals surface area contributed by atoms with Crippen LogP contribution < -0.4 is 14.2 Å². The number of Topliss-reactive ketones (excluding diaryl/α,β-unsaturated/α-hetero) is 1. The van der Waals surface area contributed by atoms with Gasteiger partial charge in [0.2, 0.25) is 0 Å². The summed E-state index contributed by atoms with van der Waals surface area (Å²) in [5.41, 5.74) is 2.73. The summed E-state index contributed by atoms with van der Waals surface area (Å²) in [5, 5.41) is 4.12. The highest BCUT2D eigenvalue weighted by molar-refractivity contribution is 6.02. The van der Waals surface area contributed by atoms with E-state index in [2.05, 4.69) is 10.1 Å². The summed E-state index contributed by atoms with van der Waals surface area (Å²) in [5.74, 6) is 0.639. The van der Waals surface area contributed by atoms with Crippen molar-refractivity contribution in [3.8, 4) is 28.5 Å². The number of methoxy groups -OCH3 is 1. The van der Waals surface area contributed by atoms with E-state index in [1.807, 2.05) is 13.2 Å². The number of fused-ring (bicyclic) bond motifs is 1. The number of aromatic nitrogens is 4. The van der Waals surface area contributed by atoms with E-state index in [-0.39, 0.29) is 29.3 Å². The second-order valence-electron chi connectivity index (χ2n) is 8.55. The summed E-state index contributed by atoms with van der Waals surface area (Å²) in [6, 6.07) is 6.65. The summed E-state index contributed by atoms with van der Waals surface area (Å²) < 4.78 is 46.0. The first kappa shape index (κ1) is 22.8. The Bertz CT molecular complexity index is 1380. The van der Waals surface area contributed by atoms with Crippen molar-refractivity contribution in [1.82, 2.24) is 19.2 Å². The fourth-order valence-corrected chi connectivity index (χ4v) is 4.03. The second-order valence-corrected chi connectivity index (χ2v) is 8.55. The molecule has 0 spiro atoms. The minimum Gasteiger partial charge on any atom is -0.496 e. The number of carbonyl (C=O) groups is 1. The van der Waals surface area contributed by atoms with Crippen LogP contribution in [-0.4, -0.2) is 38.7 Å². The number of alkyl halides is 2. The molecule has 8 nitrogen and oxygen atoms in total. The smallest absolute Gasteiger partial charge is 0.387 e. The van der Waals surface area contributed by atoms with E-state index in [0.29, 0.717) is 35.2 Å². The summed E-state index contributed by atoms with van der Waals surface area (Å²) in [4.78, 5) is 17.3. The van der Waals surface area contributed by atoms with Gasteiger partial charge in [0.05, 0.1) is 25.2 Å². The van der Waals surface area contributed by atoms with Crippen molar-refractivity contribution in [3.63, 3.8) is 0 Å². The molecule has 10 heteroatoms. The summed E-state index contributed by atoms with van der Waals surface area (Å²) in [6.45, 7) is -2.72. The molecule has 5 rings (SSSR count). The van der Waals surface area contributed by atoms with Crippen LogP contribution >= 0.6 is 0 Å². The molecule has 0 unspecified atom stereocenters. The van der Waals surface area contributed by atoms with Crippen LogP contribution in [0.3, 0.4) is 0 Å². The van der Waals surface area contributed by atoms with Crippen molar-refractivity contribution in [2.75, 3.05) is 7.11 Å². The van der Waals surface area contributed by atoms with Crippen molar-refractivity contribution in [1.29, 1.82) is 0 Å². The van der Waals surface area contributed by atoms with E-state index in [4.69, 9.17) is 14.2 Å². The van der Waals surface area contributed by atoms with Gasteiger partial charge >= 0.3 is 6.61 Å². The number of benzene rings is 1. The number of pyridine rings is 1. The highest BCUT2D eigenvalue weighted by Gasteiger charge is 2.29. The molecule has 1 fully saturated rings. The van der Waals surface area contributed by atoms with Gasteiger partial charge in [-0.25, -0.2) is 4.98 Å². The fourth-order valence-electron chi connectivity index (χ4n) is 4.03. The van der Waals surface area contributed by atoms with Crippen LogP contribution in [0.2, 0.25) is 0 Å². The lowest BCUT2D eigenvalue weighted by Gasteiger charge is -2.16. The van der Waals surface area contributed by atoms with E-state index >= 15 is 0 Å². The molecule has 3 heterocycles. The number of halogens is 2. The van der Waals surface area contributed by atoms with E-state index in [1.54, 1.807) is 45.9 Å². The monoisotopic (exact) mass is 482 g/mol. The molecule has 0 bridgehead atoms. The fraction of sp³-hybridized carbons (Fsp3) is 0.320. The Morgan fingerprint density at radius 1 is 1.20 bits per heavy atom. The number of aryl methyl sites for hydroxylation is 1. The predicted molar refractivity (Wildman–Crippen MR) is 123 cm³/mol. The van der Waals surface area contributed by atoms with Crippen molar-refractivity contribution in [3.05, 3.63) is 60.2 Å². The topological polar surface area (TPSA) is 79.9 Å². The van der Waals surface area contributed by atoms with Crippen molar-refractivity contribution in [2.24, 2.45) is 13.0 Å². The van der Waals surface area contributed by atoms with Gasteiger partial charge in [-0.15, -0.1) is 0 Å². The number of ether oxygens (including phenoxy) is 3. The van der Waals surface area contributed by atoms with E-state index < -0.39 is 6.61 Å². The molecule has 182 valence electrons. The van der Waals surface area contributed by atoms with Gasteiger partial charge in [-0.2, -0.15) is 13.9 Å². The second kappa shape index (κ2) is 9.36. The largest absolute Gasteiger partial charge is 0.496 e. The summed E-state index contributed by atoms with van der Waals surface area (Å²) in [7, 11) is 3.24. The lowest BCUT2D eigenvalue weighted by Crippen LogP contribution is -2.11. The number of ketones is 1. The molecule has 0 saturated heterocycles. The van der Waals surface area contributed by atoms with Crippen molar-refractivity contribution >= 4 is 11.4 Å². The average Bonchev–Trinajstić information content (AvgIpc) is 3.38. The van der Waals surface area contributed by atoms with E-state index in [0.717, 1.165) is 18.4 Å². The molecule has 1 aliphatic rings. The highest BCUT2D eigenvalue weighted by Crippen LogP contribution is 2.40. The number of nitrogens with zero attached hydrogens (tertiary/aromatic N) is 4. The Hall–Kier alpha value is -3.95. The van der Waals surface area contributed by atoms with Crippen LogP contribution in [-0.2, 0) is 13.7 Å². The number of carbonyl (C=O) groups excluding carboxylic acids is 1. The van der Waals surface area contributed by atoms with Crippen LogP contribution in [0, 0.1) is 5.92 Å². The van der Waals surface area contributed by atoms with Gasteiger partial charge in [-0.3, -0.25) is 13.9 Å². The molecule has 0 amide bonds. The maximum Gasteiger partial charge on any atom is 0.387 e. The number of hydrogen-bond donors (Lipinski definition) is 0. The molecule has 35 heavy (non-hydrogen) atoms. The zero-order valence-electron chi connectivity index (χ0n) is 19.3. The molecule has 1 saturated carbocycles. The minimum absolute atomic E-state index is 0.0448. The van der Waals surface area contributed by atoms with Gasteiger partial charge in [0.15, 0.2) is 5.78 Å². The maximum atomic E-state index is 13.2. The van der Waals surface area contributed by atoms with Gasteiger partial charge < -0.3 is 14.2 Å². The lowest BCUT2D eigenvalue weighted by atomic mass is 10.00. The summed E-state index contributed by atoms with van der Waals surface area (Å²) in [6.07, 6.45) is 9.22. The zero-order chi connectivity index (χ0) is 24.5. The van der Waals surface area contributed by atoms with Crippen LogP contribution in [0.5, 0.6) is 17.2 Å². The van der Waals surface area contributed by atoms with Gasteiger partial charge in [0, 0.05) is 43.1 Å². The standard InChI is InChI=1S/C25H24F2N4O4/c1-30-13-16(11-29-30)14-34-18-5-6-31-19(12-28-23(31)10-18)17-8-21(33-2)24(20(32)7-15-3-4-15)22(9-17)35-25(26)27/h5-6,8-13,15,25H,3-4,7,14H2,1-2H3. The molecule has 4 aromatic rings. The Balaban J connectivity index is 1.47. The third-order valence-electron chi connectivity index (χ3n) is 5.90. The van der Waals surface area contributed by atoms with Gasteiger partial charge in [0.1, 0.15) is 35.1 Å². The molecule has 1 aliphatic carbocycles. The van der Waals surface area contributed by atoms with Crippen molar-refractivity contribution in [2.45, 2.75) is 32.5 Å². The molecular formula is C25H24F2N4O4. The third-order valence-corrected chi connectivity index (χ3v) is 5.90. The van der Waals surface area contributed by atoms with Gasteiger partial charge in [0.25, 0.3) is 0 Å². The first-order valence-corrected chi connectivity index (χ1v) is 11.2. The molecule has 0 atom stereocenters. The zero-order valence-corrected chi connectivity index (χ0v) is 19.3. The van der Waals surface area contributed by atoms with E-state index in [1.165, 1.54) is 13.2 Å². The quantitative estimate of drug-likeness (QED) is 0.299. The number of imidazole rings is 1. The molecular weight excluding hydrogens is 458 g/mol.